The van der Waals surface area contributed by atoms with Crippen LogP contribution in [-0.2, 0) is 0 Å². The van der Waals surface area contributed by atoms with Crippen molar-refractivity contribution < 1.29 is 4.42 Å². The van der Waals surface area contributed by atoms with Gasteiger partial charge in [-0.1, -0.05) is 0 Å². The second kappa shape index (κ2) is 7.04. The summed E-state index contributed by atoms with van der Waals surface area (Å²) in [7, 11) is 0. The molecule has 0 saturated heterocycles. The minimum atomic E-state index is 0.0144. The predicted molar refractivity (Wildman–Crippen MR) is 133 cm³/mol. The third-order valence-electron chi connectivity index (χ3n) is 5.90. The summed E-state index contributed by atoms with van der Waals surface area (Å²) in [5.41, 5.74) is 18.4. The van der Waals surface area contributed by atoms with Crippen molar-refractivity contribution in [1.82, 2.24) is 19.9 Å². The van der Waals surface area contributed by atoms with Crippen molar-refractivity contribution in [3.63, 3.8) is 0 Å². The Morgan fingerprint density at radius 1 is 0.824 bits per heavy atom. The molecule has 0 spiro atoms. The molecule has 0 saturated carbocycles. The molecule has 9 nitrogen and oxygen atoms in total. The average molecular weight is 448 g/mol. The molecule has 0 aliphatic rings. The average Bonchev–Trinajstić information content (AvgIpc) is 3.53. The highest BCUT2D eigenvalue weighted by Gasteiger charge is 2.15. The zero-order valence-electron chi connectivity index (χ0n) is 18.2. The van der Waals surface area contributed by atoms with E-state index < -0.39 is 0 Å². The van der Waals surface area contributed by atoms with Gasteiger partial charge in [-0.3, -0.25) is 10.8 Å². The molecule has 3 aromatic heterocycles. The van der Waals surface area contributed by atoms with Gasteiger partial charge in [0.1, 0.15) is 23.1 Å². The van der Waals surface area contributed by atoms with Gasteiger partial charge in [0.15, 0.2) is 11.6 Å². The van der Waals surface area contributed by atoms with E-state index in [-0.39, 0.29) is 11.7 Å². The van der Waals surface area contributed by atoms with Crippen LogP contribution in [0.4, 0.5) is 0 Å². The SMILES string of the molecule is Cc1cc(C(=N)N)cc2[nH]c(-c3cc4cc(-c5nc6ccc(C(=N)N)cc6[nH]5)ccc4o3)nc12. The number of nitrogens with two attached hydrogens (primary N) is 2. The number of nitrogens with zero attached hydrogens (tertiary/aromatic N) is 2. The van der Waals surface area contributed by atoms with E-state index in [9.17, 15) is 0 Å². The number of nitrogen functional groups attached to an aromatic ring is 2. The highest BCUT2D eigenvalue weighted by molar-refractivity contribution is 6.00. The number of aromatic amines is 2. The molecule has 3 aromatic carbocycles. The number of nitrogens with one attached hydrogen (secondary N) is 4. The van der Waals surface area contributed by atoms with Crippen LogP contribution in [0, 0.1) is 17.7 Å². The first-order chi connectivity index (χ1) is 16.4. The Morgan fingerprint density at radius 3 is 2.38 bits per heavy atom. The molecule has 9 heteroatoms. The van der Waals surface area contributed by atoms with Crippen molar-refractivity contribution in [3.05, 3.63) is 71.3 Å². The first kappa shape index (κ1) is 19.7. The molecule has 34 heavy (non-hydrogen) atoms. The van der Waals surface area contributed by atoms with Gasteiger partial charge in [-0.05, 0) is 67.1 Å². The van der Waals surface area contributed by atoms with Crippen LogP contribution in [0.1, 0.15) is 16.7 Å². The number of aryl methyl sites for hydroxylation is 1. The Morgan fingerprint density at radius 2 is 1.59 bits per heavy atom. The highest BCUT2D eigenvalue weighted by atomic mass is 16.3. The summed E-state index contributed by atoms with van der Waals surface area (Å²) >= 11 is 0. The predicted octanol–water partition coefficient (Wildman–Crippen LogP) is 4.40. The molecular weight excluding hydrogens is 428 g/mol. The molecule has 0 unspecified atom stereocenters. The van der Waals surface area contributed by atoms with Crippen LogP contribution in [-0.4, -0.2) is 31.6 Å². The smallest absolute Gasteiger partial charge is 0.174 e. The first-order valence-corrected chi connectivity index (χ1v) is 10.6. The number of amidine groups is 2. The Kier molecular flexibility index (Phi) is 4.09. The van der Waals surface area contributed by atoms with Gasteiger partial charge in [0.25, 0.3) is 0 Å². The molecule has 0 bridgehead atoms. The lowest BCUT2D eigenvalue weighted by Gasteiger charge is -2.00. The zero-order chi connectivity index (χ0) is 23.6. The van der Waals surface area contributed by atoms with Crippen LogP contribution in [0.2, 0.25) is 0 Å². The second-order valence-corrected chi connectivity index (χ2v) is 8.28. The van der Waals surface area contributed by atoms with E-state index in [4.69, 9.17) is 31.7 Å². The molecule has 6 rings (SSSR count). The minimum Gasteiger partial charge on any atom is -0.453 e. The largest absolute Gasteiger partial charge is 0.453 e. The molecular formula is C25H20N8O. The summed E-state index contributed by atoms with van der Waals surface area (Å²) in [6.07, 6.45) is 0. The summed E-state index contributed by atoms with van der Waals surface area (Å²) in [6, 6.07) is 16.9. The molecule has 0 fully saturated rings. The van der Waals surface area contributed by atoms with E-state index in [0.717, 1.165) is 50.0 Å². The molecule has 8 N–H and O–H groups in total. The summed E-state index contributed by atoms with van der Waals surface area (Å²) in [6.45, 7) is 1.94. The van der Waals surface area contributed by atoms with Gasteiger partial charge >= 0.3 is 0 Å². The lowest BCUT2D eigenvalue weighted by molar-refractivity contribution is 0.627. The van der Waals surface area contributed by atoms with Crippen molar-refractivity contribution in [2.45, 2.75) is 6.92 Å². The summed E-state index contributed by atoms with van der Waals surface area (Å²) in [5.74, 6) is 1.97. The van der Waals surface area contributed by atoms with E-state index in [1.807, 2.05) is 55.5 Å². The monoisotopic (exact) mass is 448 g/mol. The fourth-order valence-electron chi connectivity index (χ4n) is 4.18. The second-order valence-electron chi connectivity index (χ2n) is 8.28. The van der Waals surface area contributed by atoms with Gasteiger partial charge in [-0.2, -0.15) is 0 Å². The van der Waals surface area contributed by atoms with Crippen molar-refractivity contribution in [1.29, 1.82) is 10.8 Å². The van der Waals surface area contributed by atoms with Crippen molar-refractivity contribution in [3.8, 4) is 23.0 Å². The van der Waals surface area contributed by atoms with E-state index in [2.05, 4.69) is 15.0 Å². The van der Waals surface area contributed by atoms with Gasteiger partial charge in [-0.25, -0.2) is 9.97 Å². The van der Waals surface area contributed by atoms with Gasteiger partial charge in [0.2, 0.25) is 0 Å². The van der Waals surface area contributed by atoms with Gasteiger partial charge in [0, 0.05) is 22.1 Å². The third-order valence-corrected chi connectivity index (χ3v) is 5.90. The van der Waals surface area contributed by atoms with Gasteiger partial charge < -0.3 is 25.9 Å². The number of furan rings is 1. The standard InChI is InChI=1S/C25H20N8O/c1-11-6-15(23(28)29)9-18-21(11)33-25(32-18)20-10-14-7-13(3-5-19(14)34-20)24-30-16-4-2-12(22(26)27)8-17(16)31-24/h2-10H,1H3,(H3,26,27)(H3,28,29)(H,30,31)(H,32,33). The number of hydrogen-bond donors (Lipinski definition) is 6. The molecule has 0 aliphatic heterocycles. The van der Waals surface area contributed by atoms with Crippen LogP contribution in [0.25, 0.3) is 56.0 Å². The molecule has 0 aliphatic carbocycles. The number of aromatic nitrogens is 4. The molecule has 3 heterocycles. The Balaban J connectivity index is 1.40. The number of hydrogen-bond acceptors (Lipinski definition) is 5. The highest BCUT2D eigenvalue weighted by Crippen LogP contribution is 2.31. The van der Waals surface area contributed by atoms with Crippen LogP contribution < -0.4 is 11.5 Å². The van der Waals surface area contributed by atoms with Crippen LogP contribution in [0.3, 0.4) is 0 Å². The fraction of sp³-hybridized carbons (Fsp3) is 0.0400. The molecule has 0 radical (unpaired) electrons. The summed E-state index contributed by atoms with van der Waals surface area (Å²) in [4.78, 5) is 16.0. The van der Waals surface area contributed by atoms with Crippen molar-refractivity contribution in [2.75, 3.05) is 0 Å². The number of H-pyrrole nitrogens is 2. The van der Waals surface area contributed by atoms with E-state index in [1.54, 1.807) is 6.07 Å². The number of benzene rings is 3. The zero-order valence-corrected chi connectivity index (χ0v) is 18.2. The van der Waals surface area contributed by atoms with Crippen LogP contribution in [0.15, 0.2) is 59.0 Å². The molecule has 166 valence electrons. The molecule has 0 atom stereocenters. The maximum Gasteiger partial charge on any atom is 0.174 e. The summed E-state index contributed by atoms with van der Waals surface area (Å²) in [5, 5.41) is 16.3. The fourth-order valence-corrected chi connectivity index (χ4v) is 4.18. The maximum atomic E-state index is 7.71. The number of rotatable bonds is 4. The van der Waals surface area contributed by atoms with E-state index >= 15 is 0 Å². The Bertz CT molecular complexity index is 1790. The number of imidazole rings is 2. The molecule has 0 amide bonds. The topological polar surface area (TPSA) is 170 Å². The lowest BCUT2D eigenvalue weighted by atomic mass is 10.1. The van der Waals surface area contributed by atoms with Gasteiger partial charge in [-0.15, -0.1) is 0 Å². The van der Waals surface area contributed by atoms with Crippen LogP contribution in [0.5, 0.6) is 0 Å². The lowest BCUT2D eigenvalue weighted by Crippen LogP contribution is -2.11. The summed E-state index contributed by atoms with van der Waals surface area (Å²) < 4.78 is 6.06. The Hall–Kier alpha value is -4.92. The Labute approximate surface area is 192 Å². The minimum absolute atomic E-state index is 0.0144. The van der Waals surface area contributed by atoms with E-state index in [1.165, 1.54) is 0 Å². The number of fused-ring (bicyclic) bond motifs is 3. The van der Waals surface area contributed by atoms with Gasteiger partial charge in [0.05, 0.1) is 22.1 Å². The van der Waals surface area contributed by atoms with Crippen LogP contribution >= 0.6 is 0 Å². The maximum absolute atomic E-state index is 7.71. The quantitative estimate of drug-likeness (QED) is 0.173. The van der Waals surface area contributed by atoms with Crippen molar-refractivity contribution >= 4 is 44.7 Å². The molecule has 6 aromatic rings. The van der Waals surface area contributed by atoms with E-state index in [0.29, 0.717) is 22.7 Å². The third kappa shape index (κ3) is 3.10. The normalized spacial score (nSPS) is 11.6. The first-order valence-electron chi connectivity index (χ1n) is 10.6. The van der Waals surface area contributed by atoms with Crippen molar-refractivity contribution in [2.24, 2.45) is 11.5 Å².